The molecule has 1 amide bonds. The first-order chi connectivity index (χ1) is 12.8. The largest absolute Gasteiger partial charge is 0.383 e. The summed E-state index contributed by atoms with van der Waals surface area (Å²) in [6, 6.07) is 17.7. The fourth-order valence-corrected chi connectivity index (χ4v) is 3.17. The summed E-state index contributed by atoms with van der Waals surface area (Å²) in [6.45, 7) is 1.51. The lowest BCUT2D eigenvalue weighted by molar-refractivity contribution is 0.0938. The molecular weight excluding hydrogens is 328 g/mol. The number of aromatic amines is 1. The summed E-state index contributed by atoms with van der Waals surface area (Å²) in [4.78, 5) is 20.5. The molecule has 4 aromatic rings. The number of aromatic nitrogens is 3. The van der Waals surface area contributed by atoms with Crippen molar-refractivity contribution in [1.29, 1.82) is 0 Å². The molecule has 0 aliphatic heterocycles. The van der Waals surface area contributed by atoms with Crippen LogP contribution in [0.15, 0.2) is 54.6 Å². The molecular formula is C20H20N4O2. The molecule has 2 aromatic carbocycles. The smallest absolute Gasteiger partial charge is 0.268 e. The molecule has 26 heavy (non-hydrogen) atoms. The minimum Gasteiger partial charge on any atom is -0.383 e. The lowest BCUT2D eigenvalue weighted by Gasteiger charge is -2.10. The predicted octanol–water partition coefficient (Wildman–Crippen LogP) is 3.09. The number of H-pyrrole nitrogens is 1. The number of hydrogen-bond donors (Lipinski definition) is 2. The molecule has 0 bridgehead atoms. The van der Waals surface area contributed by atoms with Crippen LogP contribution in [0.5, 0.6) is 0 Å². The average molecular weight is 348 g/mol. The highest BCUT2D eigenvalue weighted by atomic mass is 16.5. The van der Waals surface area contributed by atoms with E-state index in [0.717, 1.165) is 27.8 Å². The molecule has 2 aromatic heterocycles. The Morgan fingerprint density at radius 2 is 2.00 bits per heavy atom. The first-order valence-electron chi connectivity index (χ1n) is 8.55. The van der Waals surface area contributed by atoms with E-state index in [1.807, 2.05) is 59.2 Å². The van der Waals surface area contributed by atoms with Crippen molar-refractivity contribution in [1.82, 2.24) is 19.9 Å². The van der Waals surface area contributed by atoms with Crippen LogP contribution in [0.3, 0.4) is 0 Å². The lowest BCUT2D eigenvalue weighted by atomic mass is 10.2. The molecule has 6 nitrogen and oxygen atoms in total. The summed E-state index contributed by atoms with van der Waals surface area (Å²) in [5.41, 5.74) is 3.51. The minimum atomic E-state index is -0.127. The van der Waals surface area contributed by atoms with Gasteiger partial charge >= 0.3 is 0 Å². The van der Waals surface area contributed by atoms with Gasteiger partial charge in [0.1, 0.15) is 11.5 Å². The Balaban J connectivity index is 1.57. The zero-order chi connectivity index (χ0) is 17.9. The molecule has 0 aliphatic rings. The second kappa shape index (κ2) is 7.01. The highest BCUT2D eigenvalue weighted by Gasteiger charge is 2.15. The van der Waals surface area contributed by atoms with E-state index < -0.39 is 0 Å². The van der Waals surface area contributed by atoms with Crippen molar-refractivity contribution >= 4 is 27.8 Å². The number of imidazole rings is 1. The number of nitrogens with zero attached hydrogens (tertiary/aromatic N) is 2. The third-order valence-electron chi connectivity index (χ3n) is 4.42. The molecule has 2 N–H and O–H groups in total. The normalized spacial score (nSPS) is 11.3. The van der Waals surface area contributed by atoms with Crippen LogP contribution in [0, 0.1) is 0 Å². The number of amides is 1. The quantitative estimate of drug-likeness (QED) is 0.562. The van der Waals surface area contributed by atoms with Gasteiger partial charge in [-0.25, -0.2) is 4.98 Å². The number of fused-ring (bicyclic) bond motifs is 2. The number of carbonyl (C=O) groups is 1. The van der Waals surface area contributed by atoms with Crippen LogP contribution in [0.4, 0.5) is 0 Å². The lowest BCUT2D eigenvalue weighted by Crippen LogP contribution is -2.26. The maximum Gasteiger partial charge on any atom is 0.268 e. The van der Waals surface area contributed by atoms with E-state index in [4.69, 9.17) is 4.74 Å². The van der Waals surface area contributed by atoms with E-state index in [1.165, 1.54) is 0 Å². The summed E-state index contributed by atoms with van der Waals surface area (Å²) in [7, 11) is 1.66. The average Bonchev–Trinajstić information content (AvgIpc) is 3.25. The van der Waals surface area contributed by atoms with Gasteiger partial charge in [-0.2, -0.15) is 0 Å². The van der Waals surface area contributed by atoms with Crippen molar-refractivity contribution in [2.24, 2.45) is 0 Å². The molecule has 0 saturated carbocycles. The minimum absolute atomic E-state index is 0.127. The van der Waals surface area contributed by atoms with Crippen LogP contribution in [-0.4, -0.2) is 34.2 Å². The maximum absolute atomic E-state index is 12.8. The van der Waals surface area contributed by atoms with Crippen molar-refractivity contribution in [2.45, 2.75) is 13.1 Å². The third-order valence-corrected chi connectivity index (χ3v) is 4.42. The van der Waals surface area contributed by atoms with Crippen LogP contribution in [0.2, 0.25) is 0 Å². The Bertz CT molecular complexity index is 1030. The Hall–Kier alpha value is -3.12. The maximum atomic E-state index is 12.8. The number of rotatable bonds is 6. The highest BCUT2D eigenvalue weighted by Crippen LogP contribution is 2.20. The molecule has 0 radical (unpaired) electrons. The number of benzene rings is 2. The predicted molar refractivity (Wildman–Crippen MR) is 101 cm³/mol. The topological polar surface area (TPSA) is 71.9 Å². The number of para-hydroxylation sites is 3. The number of ether oxygens (including phenoxy) is 1. The van der Waals surface area contributed by atoms with Gasteiger partial charge < -0.3 is 19.6 Å². The summed E-state index contributed by atoms with van der Waals surface area (Å²) < 4.78 is 7.19. The highest BCUT2D eigenvalue weighted by molar-refractivity contribution is 5.98. The Labute approximate surface area is 150 Å². The van der Waals surface area contributed by atoms with E-state index in [1.54, 1.807) is 7.11 Å². The number of carbonyl (C=O) groups excluding carboxylic acids is 1. The number of methoxy groups -OCH3 is 1. The van der Waals surface area contributed by atoms with E-state index in [2.05, 4.69) is 15.3 Å². The first-order valence-corrected chi connectivity index (χ1v) is 8.55. The molecule has 4 rings (SSSR count). The molecule has 0 unspecified atom stereocenters. The summed E-state index contributed by atoms with van der Waals surface area (Å²) in [5.74, 6) is 0.608. The second-order valence-electron chi connectivity index (χ2n) is 6.12. The molecule has 0 saturated heterocycles. The van der Waals surface area contributed by atoms with E-state index in [-0.39, 0.29) is 5.91 Å². The van der Waals surface area contributed by atoms with Crippen molar-refractivity contribution in [3.05, 3.63) is 66.1 Å². The van der Waals surface area contributed by atoms with Crippen LogP contribution >= 0.6 is 0 Å². The zero-order valence-corrected chi connectivity index (χ0v) is 14.5. The summed E-state index contributed by atoms with van der Waals surface area (Å²) >= 11 is 0. The van der Waals surface area contributed by atoms with Crippen molar-refractivity contribution < 1.29 is 9.53 Å². The molecule has 132 valence electrons. The van der Waals surface area contributed by atoms with E-state index >= 15 is 0 Å². The van der Waals surface area contributed by atoms with E-state index in [9.17, 15) is 4.79 Å². The van der Waals surface area contributed by atoms with Crippen molar-refractivity contribution in [3.63, 3.8) is 0 Å². The third kappa shape index (κ3) is 3.07. The SMILES string of the molecule is COCCn1c(C(=O)NCc2nc3ccccc3[nH]2)cc2ccccc21. The van der Waals surface area contributed by atoms with Crippen LogP contribution in [0.25, 0.3) is 21.9 Å². The van der Waals surface area contributed by atoms with Crippen molar-refractivity contribution in [3.8, 4) is 0 Å². The van der Waals surface area contributed by atoms with Crippen LogP contribution in [0.1, 0.15) is 16.3 Å². The first kappa shape index (κ1) is 16.4. The van der Waals surface area contributed by atoms with Gasteiger partial charge in [0.25, 0.3) is 5.91 Å². The van der Waals surface area contributed by atoms with Gasteiger partial charge in [-0.15, -0.1) is 0 Å². The van der Waals surface area contributed by atoms with Gasteiger partial charge in [0, 0.05) is 24.6 Å². The fraction of sp³-hybridized carbons (Fsp3) is 0.200. The van der Waals surface area contributed by atoms with Gasteiger partial charge in [0.15, 0.2) is 0 Å². The fourth-order valence-electron chi connectivity index (χ4n) is 3.17. The summed E-state index contributed by atoms with van der Waals surface area (Å²) in [5, 5.41) is 4.00. The zero-order valence-electron chi connectivity index (χ0n) is 14.5. The van der Waals surface area contributed by atoms with Gasteiger partial charge in [-0.3, -0.25) is 4.79 Å². The van der Waals surface area contributed by atoms with Crippen LogP contribution < -0.4 is 5.32 Å². The molecule has 0 aliphatic carbocycles. The van der Waals surface area contributed by atoms with Gasteiger partial charge in [0.05, 0.1) is 24.2 Å². The standard InChI is InChI=1S/C20H20N4O2/c1-26-11-10-24-17-9-5-2-6-14(17)12-18(24)20(25)21-13-19-22-15-7-3-4-8-16(15)23-19/h2-9,12H,10-11,13H2,1H3,(H,21,25)(H,22,23). The molecule has 6 heteroatoms. The van der Waals surface area contributed by atoms with Gasteiger partial charge in [-0.05, 0) is 24.3 Å². The number of nitrogens with one attached hydrogen (secondary N) is 2. The molecule has 0 fully saturated rings. The monoisotopic (exact) mass is 348 g/mol. The van der Waals surface area contributed by atoms with Crippen molar-refractivity contribution in [2.75, 3.05) is 13.7 Å². The van der Waals surface area contributed by atoms with Gasteiger partial charge in [0.2, 0.25) is 0 Å². The molecule has 2 heterocycles. The molecule has 0 spiro atoms. The van der Waals surface area contributed by atoms with Crippen LogP contribution in [-0.2, 0) is 17.8 Å². The summed E-state index contributed by atoms with van der Waals surface area (Å²) in [6.07, 6.45) is 0. The Kier molecular flexibility index (Phi) is 4.41. The molecule has 0 atom stereocenters. The second-order valence-corrected chi connectivity index (χ2v) is 6.12. The van der Waals surface area contributed by atoms with E-state index in [0.29, 0.717) is 25.4 Å². The Morgan fingerprint density at radius 1 is 1.19 bits per heavy atom. The number of hydrogen-bond acceptors (Lipinski definition) is 3. The Morgan fingerprint density at radius 3 is 2.85 bits per heavy atom. The van der Waals surface area contributed by atoms with Gasteiger partial charge in [-0.1, -0.05) is 30.3 Å².